The molecule has 1 amide bonds. The SMILES string of the molecule is CC/C=C\C/C=C\C/C=C\C/C=C\C/C=C\C/C=C\CCCCCCCCCCCCCCCCCCCCCCC(=O)NC(COC1OC(CO)C(O)C(O)C1O)C(O)/C=C/CC/C=C/CC/C=C/CCCCC. The predicted molar refractivity (Wildman–Crippen MR) is 317 cm³/mol. The summed E-state index contributed by atoms with van der Waals surface area (Å²) in [5.41, 5.74) is 0. The number of hydrogen-bond acceptors (Lipinski definition) is 8. The van der Waals surface area contributed by atoms with E-state index < -0.39 is 49.5 Å². The number of carbonyl (C=O) groups is 1. The largest absolute Gasteiger partial charge is 0.394 e. The third-order valence-corrected chi connectivity index (χ3v) is 13.8. The van der Waals surface area contributed by atoms with Gasteiger partial charge in [-0.1, -0.05) is 252 Å². The first-order valence-electron chi connectivity index (χ1n) is 30.6. The van der Waals surface area contributed by atoms with Crippen molar-refractivity contribution in [2.24, 2.45) is 0 Å². The first kappa shape index (κ1) is 69.9. The summed E-state index contributed by atoms with van der Waals surface area (Å²) < 4.78 is 11.2. The molecule has 75 heavy (non-hydrogen) atoms. The van der Waals surface area contributed by atoms with Crippen LogP contribution in [0, 0.1) is 0 Å². The quantitative estimate of drug-likeness (QED) is 0.0261. The number of amides is 1. The molecule has 0 bridgehead atoms. The van der Waals surface area contributed by atoms with Crippen molar-refractivity contribution in [1.82, 2.24) is 5.32 Å². The number of aliphatic hydroxyl groups is 5. The van der Waals surface area contributed by atoms with Crippen molar-refractivity contribution in [3.8, 4) is 0 Å². The average Bonchev–Trinajstić information content (AvgIpc) is 3.41. The van der Waals surface area contributed by atoms with Crippen LogP contribution in [-0.4, -0.2) is 87.5 Å². The molecule has 1 heterocycles. The molecule has 1 rings (SSSR count). The minimum atomic E-state index is -1.58. The highest BCUT2D eigenvalue weighted by Gasteiger charge is 2.44. The molecule has 1 aliphatic heterocycles. The molecule has 430 valence electrons. The van der Waals surface area contributed by atoms with Crippen LogP contribution >= 0.6 is 0 Å². The zero-order valence-corrected chi connectivity index (χ0v) is 47.8. The van der Waals surface area contributed by atoms with Gasteiger partial charge in [0, 0.05) is 6.42 Å². The third kappa shape index (κ3) is 43.5. The van der Waals surface area contributed by atoms with Gasteiger partial charge in [-0.25, -0.2) is 0 Å². The van der Waals surface area contributed by atoms with Crippen LogP contribution in [0.15, 0.2) is 109 Å². The second-order valence-corrected chi connectivity index (χ2v) is 20.7. The topological polar surface area (TPSA) is 149 Å². The van der Waals surface area contributed by atoms with E-state index in [0.29, 0.717) is 6.42 Å². The predicted octanol–water partition coefficient (Wildman–Crippen LogP) is 15.7. The molecule has 0 saturated carbocycles. The van der Waals surface area contributed by atoms with Crippen LogP contribution in [0.25, 0.3) is 0 Å². The zero-order valence-electron chi connectivity index (χ0n) is 47.8. The lowest BCUT2D eigenvalue weighted by molar-refractivity contribution is -0.302. The number of allylic oxidation sites excluding steroid dienone is 17. The monoisotopic (exact) mass is 1050 g/mol. The van der Waals surface area contributed by atoms with E-state index in [0.717, 1.165) is 89.9 Å². The van der Waals surface area contributed by atoms with Gasteiger partial charge in [0.2, 0.25) is 5.91 Å². The fourth-order valence-corrected chi connectivity index (χ4v) is 9.02. The van der Waals surface area contributed by atoms with Gasteiger partial charge in [-0.3, -0.25) is 4.79 Å². The van der Waals surface area contributed by atoms with Crippen LogP contribution in [0.2, 0.25) is 0 Å². The highest BCUT2D eigenvalue weighted by atomic mass is 16.7. The number of unbranched alkanes of at least 4 members (excludes halogenated alkanes) is 25. The Bertz CT molecular complexity index is 1540. The number of carbonyl (C=O) groups excluding carboxylic acids is 1. The van der Waals surface area contributed by atoms with Crippen LogP contribution in [-0.2, 0) is 14.3 Å². The fourth-order valence-electron chi connectivity index (χ4n) is 9.02. The molecule has 9 heteroatoms. The van der Waals surface area contributed by atoms with Crippen molar-refractivity contribution in [3.63, 3.8) is 0 Å². The third-order valence-electron chi connectivity index (χ3n) is 13.8. The van der Waals surface area contributed by atoms with E-state index in [-0.39, 0.29) is 12.5 Å². The summed E-state index contributed by atoms with van der Waals surface area (Å²) in [6.45, 7) is 3.60. The molecule has 0 aliphatic carbocycles. The van der Waals surface area contributed by atoms with E-state index in [1.165, 1.54) is 135 Å². The summed E-state index contributed by atoms with van der Waals surface area (Å²) in [6, 6.07) is -0.831. The molecule has 7 atom stereocenters. The Morgan fingerprint density at radius 2 is 0.840 bits per heavy atom. The van der Waals surface area contributed by atoms with Crippen LogP contribution < -0.4 is 5.32 Å². The van der Waals surface area contributed by atoms with Gasteiger partial charge >= 0.3 is 0 Å². The van der Waals surface area contributed by atoms with E-state index >= 15 is 0 Å². The summed E-state index contributed by atoms with van der Waals surface area (Å²) in [5, 5.41) is 54.4. The van der Waals surface area contributed by atoms with Gasteiger partial charge in [0.25, 0.3) is 0 Å². The summed E-state index contributed by atoms with van der Waals surface area (Å²) in [4.78, 5) is 13.0. The van der Waals surface area contributed by atoms with Crippen LogP contribution in [0.4, 0.5) is 0 Å². The second-order valence-electron chi connectivity index (χ2n) is 20.7. The summed E-state index contributed by atoms with van der Waals surface area (Å²) >= 11 is 0. The van der Waals surface area contributed by atoms with Gasteiger partial charge in [0.05, 0.1) is 25.4 Å². The van der Waals surface area contributed by atoms with E-state index in [2.05, 4.69) is 116 Å². The lowest BCUT2D eigenvalue weighted by atomic mass is 9.99. The molecule has 0 aromatic rings. The van der Waals surface area contributed by atoms with Crippen molar-refractivity contribution in [3.05, 3.63) is 109 Å². The second kappa shape index (κ2) is 54.2. The van der Waals surface area contributed by atoms with Gasteiger partial charge in [0.1, 0.15) is 24.4 Å². The molecule has 0 radical (unpaired) electrons. The Kier molecular flexibility index (Phi) is 50.5. The lowest BCUT2D eigenvalue weighted by Crippen LogP contribution is -2.60. The smallest absolute Gasteiger partial charge is 0.220 e. The Hall–Kier alpha value is -3.15. The van der Waals surface area contributed by atoms with Gasteiger partial charge in [-0.05, 0) is 96.3 Å². The number of rotatable bonds is 51. The molecule has 9 nitrogen and oxygen atoms in total. The maximum atomic E-state index is 13.0. The Labute approximate surface area is 459 Å². The van der Waals surface area contributed by atoms with Gasteiger partial charge in [0.15, 0.2) is 6.29 Å². The van der Waals surface area contributed by atoms with Crippen molar-refractivity contribution < 1.29 is 39.8 Å². The van der Waals surface area contributed by atoms with Crippen molar-refractivity contribution in [2.45, 2.75) is 288 Å². The molecule has 0 spiro atoms. The average molecular weight is 1050 g/mol. The Morgan fingerprint density at radius 1 is 0.467 bits per heavy atom. The van der Waals surface area contributed by atoms with Crippen LogP contribution in [0.3, 0.4) is 0 Å². The molecule has 0 aromatic carbocycles. The number of aliphatic hydroxyl groups excluding tert-OH is 5. The number of hydrogen-bond donors (Lipinski definition) is 6. The maximum Gasteiger partial charge on any atom is 0.220 e. The number of ether oxygens (including phenoxy) is 2. The maximum absolute atomic E-state index is 13.0. The zero-order chi connectivity index (χ0) is 54.3. The highest BCUT2D eigenvalue weighted by Crippen LogP contribution is 2.23. The molecule has 7 unspecified atom stereocenters. The Balaban J connectivity index is 2.08. The summed E-state index contributed by atoms with van der Waals surface area (Å²) in [7, 11) is 0. The lowest BCUT2D eigenvalue weighted by Gasteiger charge is -2.40. The van der Waals surface area contributed by atoms with Crippen molar-refractivity contribution in [2.75, 3.05) is 13.2 Å². The van der Waals surface area contributed by atoms with E-state index in [1.807, 2.05) is 6.08 Å². The summed E-state index contributed by atoms with van der Waals surface area (Å²) in [6.07, 6.45) is 73.3. The standard InChI is InChI=1S/C66H113NO8/c1-3-5-7-9-11-13-15-17-18-19-20-21-22-23-24-25-26-27-28-29-30-31-32-33-34-35-36-37-38-39-40-41-42-44-46-48-50-52-54-56-62(70)67-59(58-74-66-65(73)64(72)63(71)61(57-68)75-66)60(69)55-53-51-49-47-45-43-16-14-12-10-8-6-4-2/h5,7,11-14,17-18,20-21,23-24,26-27,45,47,53,55,59-61,63-66,68-69,71-73H,3-4,6,8-10,15-16,19,22,25,28-44,46,48-52,54,56-58H2,1-2H3,(H,67,70)/b7-5-,13-11-,14-12+,18-17-,21-20-,24-23-,27-26-,47-45+,55-53+. The number of nitrogens with one attached hydrogen (secondary N) is 1. The van der Waals surface area contributed by atoms with E-state index in [4.69, 9.17) is 9.47 Å². The first-order valence-corrected chi connectivity index (χ1v) is 30.6. The van der Waals surface area contributed by atoms with Gasteiger partial charge < -0.3 is 40.3 Å². The van der Waals surface area contributed by atoms with E-state index in [1.54, 1.807) is 6.08 Å². The Morgan fingerprint density at radius 3 is 1.28 bits per heavy atom. The van der Waals surface area contributed by atoms with Crippen LogP contribution in [0.1, 0.15) is 245 Å². The van der Waals surface area contributed by atoms with Gasteiger partial charge in [-0.15, -0.1) is 0 Å². The van der Waals surface area contributed by atoms with Crippen LogP contribution in [0.5, 0.6) is 0 Å². The first-order chi connectivity index (χ1) is 36.8. The normalized spacial score (nSPS) is 19.7. The molecular formula is C66H113NO8. The molecule has 1 fully saturated rings. The fraction of sp³-hybridized carbons (Fsp3) is 0.712. The summed E-state index contributed by atoms with van der Waals surface area (Å²) in [5.74, 6) is -0.193. The van der Waals surface area contributed by atoms with Crippen molar-refractivity contribution >= 4 is 5.91 Å². The van der Waals surface area contributed by atoms with E-state index in [9.17, 15) is 30.3 Å². The molecule has 1 saturated heterocycles. The minimum absolute atomic E-state index is 0.193. The van der Waals surface area contributed by atoms with Crippen molar-refractivity contribution in [1.29, 1.82) is 0 Å². The minimum Gasteiger partial charge on any atom is -0.394 e. The highest BCUT2D eigenvalue weighted by molar-refractivity contribution is 5.76. The van der Waals surface area contributed by atoms with Gasteiger partial charge in [-0.2, -0.15) is 0 Å². The molecular weight excluding hydrogens is 935 g/mol. The molecule has 6 N–H and O–H groups in total. The molecule has 0 aromatic heterocycles. The molecule has 1 aliphatic rings.